The Kier molecular flexibility index (Phi) is 5.65. The molecular weight excluding hydrogens is 276 g/mol. The second kappa shape index (κ2) is 6.63. The van der Waals surface area contributed by atoms with Crippen LogP contribution in [-0.4, -0.2) is 39.1 Å². The molecule has 4 atom stereocenters. The van der Waals surface area contributed by atoms with E-state index in [1.807, 2.05) is 24.8 Å². The first-order valence-corrected chi connectivity index (χ1v) is 7.65. The zero-order valence-corrected chi connectivity index (χ0v) is 13.2. The van der Waals surface area contributed by atoms with Gasteiger partial charge in [0.15, 0.2) is 0 Å². The lowest BCUT2D eigenvalue weighted by atomic mass is 9.89. The number of nitrogens with one attached hydrogen (secondary N) is 1. The number of thioether (sulfide) groups is 1. The van der Waals surface area contributed by atoms with Gasteiger partial charge in [-0.1, -0.05) is 32.9 Å². The number of allylic oxidation sites excluding steroid dienone is 1. The molecule has 0 bridgehead atoms. The Labute approximate surface area is 124 Å². The van der Waals surface area contributed by atoms with Crippen LogP contribution < -0.4 is 11.1 Å². The molecule has 4 N–H and O–H groups in total. The Balaban J connectivity index is 2.45. The van der Waals surface area contributed by atoms with Gasteiger partial charge in [-0.15, -0.1) is 0 Å². The van der Waals surface area contributed by atoms with Gasteiger partial charge in [0.1, 0.15) is 0 Å². The van der Waals surface area contributed by atoms with Gasteiger partial charge in [-0.3, -0.25) is 9.59 Å². The van der Waals surface area contributed by atoms with Crippen molar-refractivity contribution in [2.24, 2.45) is 11.7 Å². The number of nitrogens with two attached hydrogens (primary N) is 1. The third-order valence-corrected chi connectivity index (χ3v) is 5.05. The van der Waals surface area contributed by atoms with Crippen LogP contribution in [0, 0.1) is 5.92 Å². The molecule has 20 heavy (non-hydrogen) atoms. The molecule has 114 valence electrons. The molecule has 0 aromatic rings. The molecule has 1 aliphatic heterocycles. The van der Waals surface area contributed by atoms with E-state index in [-0.39, 0.29) is 17.2 Å². The quantitative estimate of drug-likeness (QED) is 0.644. The third-order valence-electron chi connectivity index (χ3n) is 3.51. The molecule has 3 unspecified atom stereocenters. The van der Waals surface area contributed by atoms with Gasteiger partial charge in [0, 0.05) is 22.0 Å². The van der Waals surface area contributed by atoms with Crippen molar-refractivity contribution in [1.82, 2.24) is 5.32 Å². The summed E-state index contributed by atoms with van der Waals surface area (Å²) in [5, 5.41) is 11.9. The first-order valence-electron chi connectivity index (χ1n) is 6.77. The molecule has 0 saturated carbocycles. The second-order valence-electron chi connectivity index (χ2n) is 5.84. The predicted molar refractivity (Wildman–Crippen MR) is 81.6 cm³/mol. The van der Waals surface area contributed by atoms with Crippen molar-refractivity contribution in [2.45, 2.75) is 56.2 Å². The molecule has 6 heteroatoms. The van der Waals surface area contributed by atoms with Gasteiger partial charge in [0.25, 0.3) is 0 Å². The monoisotopic (exact) mass is 300 g/mol. The van der Waals surface area contributed by atoms with Crippen molar-refractivity contribution < 1.29 is 14.7 Å². The fraction of sp³-hybridized carbons (Fsp3) is 0.714. The maximum absolute atomic E-state index is 11.7. The molecule has 0 aromatic heterocycles. The lowest BCUT2D eigenvalue weighted by Gasteiger charge is -2.48. The van der Waals surface area contributed by atoms with E-state index in [2.05, 4.69) is 32.2 Å². The van der Waals surface area contributed by atoms with Crippen LogP contribution in [0.25, 0.3) is 0 Å². The number of rotatable bonds is 6. The molecule has 0 spiro atoms. The van der Waals surface area contributed by atoms with E-state index in [0.29, 0.717) is 11.2 Å². The lowest BCUT2D eigenvalue weighted by Crippen LogP contribution is -2.46. The van der Waals surface area contributed by atoms with Crippen LogP contribution in [0.3, 0.4) is 0 Å². The fourth-order valence-electron chi connectivity index (χ4n) is 2.46. The van der Waals surface area contributed by atoms with Crippen molar-refractivity contribution in [3.05, 3.63) is 12.2 Å². The molecule has 1 saturated heterocycles. The normalized spacial score (nSPS) is 27.6. The molecular formula is C14H24N2O3S. The van der Waals surface area contributed by atoms with Crippen molar-refractivity contribution in [1.29, 1.82) is 0 Å². The van der Waals surface area contributed by atoms with Crippen LogP contribution in [0.2, 0.25) is 0 Å². The first-order chi connectivity index (χ1) is 9.13. The topological polar surface area (TPSA) is 92.4 Å². The van der Waals surface area contributed by atoms with Crippen molar-refractivity contribution >= 4 is 23.6 Å². The summed E-state index contributed by atoms with van der Waals surface area (Å²) in [4.78, 5) is 22.2. The Morgan fingerprint density at radius 2 is 2.10 bits per heavy atom. The highest BCUT2D eigenvalue weighted by Crippen LogP contribution is 2.51. The zero-order valence-electron chi connectivity index (χ0n) is 12.4. The number of amides is 1. The highest BCUT2D eigenvalue weighted by Gasteiger charge is 2.43. The number of carboxylic acid groups (broad SMARTS) is 1. The molecule has 0 aromatic carbocycles. The van der Waals surface area contributed by atoms with Crippen molar-refractivity contribution in [3.63, 3.8) is 0 Å². The number of aliphatic carboxylic acids is 1. The highest BCUT2D eigenvalue weighted by molar-refractivity contribution is 8.02. The summed E-state index contributed by atoms with van der Waals surface area (Å²) in [6, 6.07) is -1.16. The SMILES string of the molecule is CC(/C=C/C1C(C)SC1(C)C)NC(=O)[C@@H](N)CC(=O)O. The van der Waals surface area contributed by atoms with Crippen LogP contribution in [0.1, 0.15) is 34.1 Å². The van der Waals surface area contributed by atoms with Crippen LogP contribution in [0.4, 0.5) is 0 Å². The van der Waals surface area contributed by atoms with E-state index in [1.54, 1.807) is 0 Å². The number of carbonyl (C=O) groups excluding carboxylic acids is 1. The zero-order chi connectivity index (χ0) is 15.5. The molecule has 0 aliphatic carbocycles. The van der Waals surface area contributed by atoms with E-state index >= 15 is 0 Å². The fourth-order valence-corrected chi connectivity index (χ4v) is 4.21. The van der Waals surface area contributed by atoms with Crippen LogP contribution in [-0.2, 0) is 9.59 Å². The van der Waals surface area contributed by atoms with Gasteiger partial charge in [-0.05, 0) is 6.92 Å². The van der Waals surface area contributed by atoms with Crippen LogP contribution in [0.5, 0.6) is 0 Å². The maximum Gasteiger partial charge on any atom is 0.305 e. The predicted octanol–water partition coefficient (Wildman–Crippen LogP) is 1.38. The summed E-state index contributed by atoms with van der Waals surface area (Å²) in [6.45, 7) is 8.46. The van der Waals surface area contributed by atoms with Gasteiger partial charge in [0.05, 0.1) is 12.5 Å². The minimum Gasteiger partial charge on any atom is -0.481 e. The summed E-state index contributed by atoms with van der Waals surface area (Å²) in [6.07, 6.45) is 3.73. The Bertz CT molecular complexity index is 409. The number of carboxylic acids is 1. The van der Waals surface area contributed by atoms with E-state index in [9.17, 15) is 9.59 Å². The minimum atomic E-state index is -1.07. The average Bonchev–Trinajstić information content (AvgIpc) is 2.26. The Hall–Kier alpha value is -1.01. The van der Waals surface area contributed by atoms with Gasteiger partial charge in [-0.2, -0.15) is 11.8 Å². The van der Waals surface area contributed by atoms with Crippen molar-refractivity contribution in [3.8, 4) is 0 Å². The van der Waals surface area contributed by atoms with E-state index in [4.69, 9.17) is 10.8 Å². The number of carbonyl (C=O) groups is 2. The third kappa shape index (κ3) is 4.52. The molecule has 1 fully saturated rings. The van der Waals surface area contributed by atoms with Crippen molar-refractivity contribution in [2.75, 3.05) is 0 Å². The smallest absolute Gasteiger partial charge is 0.305 e. The van der Waals surface area contributed by atoms with Crippen LogP contribution >= 0.6 is 11.8 Å². The average molecular weight is 300 g/mol. The molecule has 1 amide bonds. The molecule has 1 rings (SSSR count). The molecule has 1 heterocycles. The van der Waals surface area contributed by atoms with E-state index < -0.39 is 17.9 Å². The molecule has 1 aliphatic rings. The minimum absolute atomic E-state index is 0.157. The van der Waals surface area contributed by atoms with Crippen LogP contribution in [0.15, 0.2) is 12.2 Å². The molecule has 0 radical (unpaired) electrons. The maximum atomic E-state index is 11.7. The van der Waals surface area contributed by atoms with Gasteiger partial charge < -0.3 is 16.2 Å². The van der Waals surface area contributed by atoms with Gasteiger partial charge in [0.2, 0.25) is 5.91 Å². The van der Waals surface area contributed by atoms with E-state index in [0.717, 1.165) is 0 Å². The summed E-state index contributed by atoms with van der Waals surface area (Å²) in [7, 11) is 0. The van der Waals surface area contributed by atoms with E-state index in [1.165, 1.54) is 0 Å². The Morgan fingerprint density at radius 3 is 2.55 bits per heavy atom. The summed E-state index contributed by atoms with van der Waals surface area (Å²) >= 11 is 1.95. The van der Waals surface area contributed by atoms with Gasteiger partial charge >= 0.3 is 5.97 Å². The number of hydrogen-bond donors (Lipinski definition) is 3. The molecule has 5 nitrogen and oxygen atoms in total. The number of hydrogen-bond acceptors (Lipinski definition) is 4. The summed E-state index contributed by atoms with van der Waals surface area (Å²) in [5.41, 5.74) is 5.50. The second-order valence-corrected chi connectivity index (χ2v) is 7.87. The largest absolute Gasteiger partial charge is 0.481 e. The first kappa shape index (κ1) is 17.0. The van der Waals surface area contributed by atoms with Gasteiger partial charge in [-0.25, -0.2) is 0 Å². The highest BCUT2D eigenvalue weighted by atomic mass is 32.2. The lowest BCUT2D eigenvalue weighted by molar-refractivity contribution is -0.139. The summed E-state index contributed by atoms with van der Waals surface area (Å²) in [5.74, 6) is -1.02. The standard InChI is InChI=1S/C14H24N2O3S/c1-8(16-13(19)11(15)7-12(17)18)5-6-10-9(2)20-14(10,3)4/h5-6,8-11H,7,15H2,1-4H3,(H,16,19)(H,17,18)/b6-5+/t8?,9?,10?,11-/m0/s1. The Morgan fingerprint density at radius 1 is 1.50 bits per heavy atom. The summed E-state index contributed by atoms with van der Waals surface area (Å²) < 4.78 is 0.235.